The Balaban J connectivity index is 1.91. The van der Waals surface area contributed by atoms with Crippen molar-refractivity contribution in [3.8, 4) is 0 Å². The number of ether oxygens (including phenoxy) is 1. The van der Waals surface area contributed by atoms with Crippen LogP contribution in [0.5, 0.6) is 0 Å². The van der Waals surface area contributed by atoms with Gasteiger partial charge in [-0.15, -0.1) is 0 Å². The van der Waals surface area contributed by atoms with Crippen LogP contribution in [-0.4, -0.2) is 23.8 Å². The monoisotopic (exact) mass is 318 g/mol. The van der Waals surface area contributed by atoms with Crippen LogP contribution in [0, 0.1) is 0 Å². The van der Waals surface area contributed by atoms with Crippen LogP contribution in [0.1, 0.15) is 64.6 Å². The van der Waals surface area contributed by atoms with Gasteiger partial charge in [-0.25, -0.2) is 4.79 Å². The molecule has 0 saturated heterocycles. The fraction of sp³-hybridized carbons (Fsp3) is 0.632. The van der Waals surface area contributed by atoms with Gasteiger partial charge in [0.2, 0.25) is 0 Å². The molecule has 1 aliphatic carbocycles. The van der Waals surface area contributed by atoms with E-state index in [4.69, 9.17) is 4.74 Å². The zero-order chi connectivity index (χ0) is 17.1. The zero-order valence-corrected chi connectivity index (χ0v) is 15.0. The number of alkyl carbamates (subject to hydrolysis) is 1. The molecule has 1 atom stereocenters. The van der Waals surface area contributed by atoms with Gasteiger partial charge in [-0.1, -0.05) is 24.3 Å². The highest BCUT2D eigenvalue weighted by Gasteiger charge is 2.27. The first kappa shape index (κ1) is 17.8. The molecule has 0 radical (unpaired) electrons. The van der Waals surface area contributed by atoms with E-state index in [0.717, 1.165) is 12.8 Å². The molecule has 2 N–H and O–H groups in total. The van der Waals surface area contributed by atoms with Gasteiger partial charge in [-0.05, 0) is 65.0 Å². The van der Waals surface area contributed by atoms with Crippen molar-refractivity contribution in [2.45, 2.75) is 71.1 Å². The van der Waals surface area contributed by atoms with Crippen molar-refractivity contribution in [2.75, 3.05) is 6.54 Å². The summed E-state index contributed by atoms with van der Waals surface area (Å²) in [6, 6.07) is 8.99. The van der Waals surface area contributed by atoms with Crippen LogP contribution in [0.3, 0.4) is 0 Å². The SMILES string of the molecule is CC(C)(CNC1CCCc2ccccc21)NC(=O)OC(C)(C)C. The van der Waals surface area contributed by atoms with Crippen LogP contribution < -0.4 is 10.6 Å². The molecule has 0 bridgehead atoms. The fourth-order valence-electron chi connectivity index (χ4n) is 2.97. The predicted octanol–water partition coefficient (Wildman–Crippen LogP) is 3.96. The second kappa shape index (κ2) is 6.91. The van der Waals surface area contributed by atoms with E-state index in [1.54, 1.807) is 0 Å². The highest BCUT2D eigenvalue weighted by Crippen LogP contribution is 2.29. The van der Waals surface area contributed by atoms with E-state index in [2.05, 4.69) is 34.9 Å². The maximum atomic E-state index is 12.0. The fourth-order valence-corrected chi connectivity index (χ4v) is 2.97. The molecule has 0 aromatic heterocycles. The molecule has 2 rings (SSSR count). The third-order valence-electron chi connectivity index (χ3n) is 4.00. The highest BCUT2D eigenvalue weighted by molar-refractivity contribution is 5.68. The van der Waals surface area contributed by atoms with Gasteiger partial charge in [-0.2, -0.15) is 0 Å². The molecular formula is C19H30N2O2. The molecule has 1 aliphatic rings. The Morgan fingerprint density at radius 2 is 1.91 bits per heavy atom. The smallest absolute Gasteiger partial charge is 0.408 e. The number of amides is 1. The van der Waals surface area contributed by atoms with Crippen LogP contribution >= 0.6 is 0 Å². The minimum absolute atomic E-state index is 0.361. The number of nitrogens with one attached hydrogen (secondary N) is 2. The predicted molar refractivity (Wildman–Crippen MR) is 93.6 cm³/mol. The highest BCUT2D eigenvalue weighted by atomic mass is 16.6. The average molecular weight is 318 g/mol. The number of hydrogen-bond donors (Lipinski definition) is 2. The summed E-state index contributed by atoms with van der Waals surface area (Å²) in [4.78, 5) is 12.0. The molecule has 4 nitrogen and oxygen atoms in total. The molecule has 0 saturated carbocycles. The summed E-state index contributed by atoms with van der Waals surface area (Å²) in [7, 11) is 0. The Labute approximate surface area is 140 Å². The number of hydrogen-bond acceptors (Lipinski definition) is 3. The molecule has 23 heavy (non-hydrogen) atoms. The molecule has 0 spiro atoms. The van der Waals surface area contributed by atoms with Crippen molar-refractivity contribution in [2.24, 2.45) is 0 Å². The van der Waals surface area contributed by atoms with Gasteiger partial charge < -0.3 is 15.4 Å². The Morgan fingerprint density at radius 3 is 2.61 bits per heavy atom. The van der Waals surface area contributed by atoms with E-state index >= 15 is 0 Å². The molecule has 128 valence electrons. The van der Waals surface area contributed by atoms with E-state index in [1.807, 2.05) is 34.6 Å². The summed E-state index contributed by atoms with van der Waals surface area (Å²) in [6.07, 6.45) is 3.13. The Morgan fingerprint density at radius 1 is 1.22 bits per heavy atom. The second-order valence-corrected chi connectivity index (χ2v) is 8.04. The quantitative estimate of drug-likeness (QED) is 0.883. The van der Waals surface area contributed by atoms with Gasteiger partial charge in [0.1, 0.15) is 5.60 Å². The van der Waals surface area contributed by atoms with Crippen molar-refractivity contribution < 1.29 is 9.53 Å². The van der Waals surface area contributed by atoms with Gasteiger partial charge in [0.05, 0.1) is 5.54 Å². The largest absolute Gasteiger partial charge is 0.444 e. The van der Waals surface area contributed by atoms with Crippen LogP contribution in [0.15, 0.2) is 24.3 Å². The number of benzene rings is 1. The first-order valence-corrected chi connectivity index (χ1v) is 8.49. The molecule has 0 heterocycles. The number of fused-ring (bicyclic) bond motifs is 1. The Kier molecular flexibility index (Phi) is 5.35. The number of rotatable bonds is 4. The molecule has 0 fully saturated rings. The number of carbonyl (C=O) groups excluding carboxylic acids is 1. The van der Waals surface area contributed by atoms with Crippen molar-refractivity contribution in [3.05, 3.63) is 35.4 Å². The minimum Gasteiger partial charge on any atom is -0.444 e. The van der Waals surface area contributed by atoms with Crippen LogP contribution in [0.25, 0.3) is 0 Å². The average Bonchev–Trinajstić information content (AvgIpc) is 2.42. The summed E-state index contributed by atoms with van der Waals surface area (Å²) in [5.74, 6) is 0. The molecule has 1 unspecified atom stereocenters. The molecule has 1 amide bonds. The lowest BCUT2D eigenvalue weighted by molar-refractivity contribution is 0.0470. The Hall–Kier alpha value is -1.55. The number of aryl methyl sites for hydroxylation is 1. The summed E-state index contributed by atoms with van der Waals surface area (Å²) in [5.41, 5.74) is 1.99. The van der Waals surface area contributed by atoms with E-state index < -0.39 is 5.60 Å². The summed E-state index contributed by atoms with van der Waals surface area (Å²) in [5, 5.41) is 6.57. The Bertz CT molecular complexity index is 547. The molecule has 1 aromatic carbocycles. The second-order valence-electron chi connectivity index (χ2n) is 8.04. The van der Waals surface area contributed by atoms with Gasteiger partial charge in [0, 0.05) is 12.6 Å². The lowest BCUT2D eigenvalue weighted by Crippen LogP contribution is -2.52. The van der Waals surface area contributed by atoms with E-state index in [-0.39, 0.29) is 11.6 Å². The normalized spacial score (nSPS) is 18.2. The maximum absolute atomic E-state index is 12.0. The van der Waals surface area contributed by atoms with Gasteiger partial charge in [0.15, 0.2) is 0 Å². The molecular weight excluding hydrogens is 288 g/mol. The van der Waals surface area contributed by atoms with Gasteiger partial charge in [0.25, 0.3) is 0 Å². The third-order valence-corrected chi connectivity index (χ3v) is 4.00. The molecule has 4 heteroatoms. The van der Waals surface area contributed by atoms with Crippen LogP contribution in [0.4, 0.5) is 4.79 Å². The standard InChI is InChI=1S/C19H30N2O2/c1-18(2,3)23-17(22)21-19(4,5)13-20-16-12-8-10-14-9-6-7-11-15(14)16/h6-7,9,11,16,20H,8,10,12-13H2,1-5H3,(H,21,22). The van der Waals surface area contributed by atoms with E-state index in [0.29, 0.717) is 12.6 Å². The van der Waals surface area contributed by atoms with Gasteiger partial charge >= 0.3 is 6.09 Å². The summed E-state index contributed by atoms with van der Waals surface area (Å²) < 4.78 is 5.34. The maximum Gasteiger partial charge on any atom is 0.408 e. The van der Waals surface area contributed by atoms with Crippen molar-refractivity contribution >= 4 is 6.09 Å². The van der Waals surface area contributed by atoms with Gasteiger partial charge in [-0.3, -0.25) is 0 Å². The first-order chi connectivity index (χ1) is 10.7. The molecule has 1 aromatic rings. The topological polar surface area (TPSA) is 50.4 Å². The van der Waals surface area contributed by atoms with Crippen LogP contribution in [-0.2, 0) is 11.2 Å². The van der Waals surface area contributed by atoms with E-state index in [9.17, 15) is 4.79 Å². The lowest BCUT2D eigenvalue weighted by Gasteiger charge is -2.33. The minimum atomic E-state index is -0.476. The number of carbonyl (C=O) groups is 1. The third kappa shape index (κ3) is 5.54. The molecule has 0 aliphatic heterocycles. The van der Waals surface area contributed by atoms with Crippen molar-refractivity contribution in [1.82, 2.24) is 10.6 Å². The zero-order valence-electron chi connectivity index (χ0n) is 15.0. The first-order valence-electron chi connectivity index (χ1n) is 8.49. The van der Waals surface area contributed by atoms with E-state index in [1.165, 1.54) is 17.5 Å². The van der Waals surface area contributed by atoms with Crippen molar-refractivity contribution in [3.63, 3.8) is 0 Å². The lowest BCUT2D eigenvalue weighted by atomic mass is 9.87. The summed E-state index contributed by atoms with van der Waals surface area (Å²) >= 11 is 0. The van der Waals surface area contributed by atoms with Crippen molar-refractivity contribution in [1.29, 1.82) is 0 Å². The van der Waals surface area contributed by atoms with Crippen LogP contribution in [0.2, 0.25) is 0 Å². The summed E-state index contributed by atoms with van der Waals surface area (Å²) in [6.45, 7) is 10.3.